The van der Waals surface area contributed by atoms with Crippen LogP contribution in [0.2, 0.25) is 0 Å². The van der Waals surface area contributed by atoms with Gasteiger partial charge in [-0.15, -0.1) is 0 Å². The number of amides is 2. The highest BCUT2D eigenvalue weighted by Crippen LogP contribution is 2.32. The molecule has 1 aliphatic rings. The summed E-state index contributed by atoms with van der Waals surface area (Å²) in [6.07, 6.45) is 0.477. The van der Waals surface area contributed by atoms with Gasteiger partial charge < -0.3 is 25.7 Å². The van der Waals surface area contributed by atoms with Gasteiger partial charge in [0, 0.05) is 72.5 Å². The molecule has 1 saturated heterocycles. The van der Waals surface area contributed by atoms with Crippen LogP contribution in [0.25, 0.3) is 0 Å². The van der Waals surface area contributed by atoms with Gasteiger partial charge in [0.25, 0.3) is 0 Å². The summed E-state index contributed by atoms with van der Waals surface area (Å²) in [6.45, 7) is 1.71. The van der Waals surface area contributed by atoms with E-state index in [1.165, 1.54) is 0 Å². The van der Waals surface area contributed by atoms with Gasteiger partial charge in [-0.3, -0.25) is 49.0 Å². The van der Waals surface area contributed by atoms with Gasteiger partial charge in [0.1, 0.15) is 0 Å². The number of aliphatic carboxylic acids is 3. The normalized spacial score (nSPS) is 16.1. The fourth-order valence-corrected chi connectivity index (χ4v) is 8.73. The van der Waals surface area contributed by atoms with Crippen LogP contribution < -0.4 is 16.2 Å². The molecule has 262 valence electrons. The van der Waals surface area contributed by atoms with Gasteiger partial charge in [-0.05, 0) is 80.3 Å². The fraction of sp³-hybridized carbons (Fsp3) is 0.556. The summed E-state index contributed by atoms with van der Waals surface area (Å²) in [4.78, 5) is 77.9. The van der Waals surface area contributed by atoms with Crippen molar-refractivity contribution in [2.75, 3.05) is 90.4 Å². The minimum atomic E-state index is -1.09. The van der Waals surface area contributed by atoms with Gasteiger partial charge >= 0.3 is 23.9 Å². The molecule has 0 aliphatic carbocycles. The number of hydrazine groups is 1. The van der Waals surface area contributed by atoms with Gasteiger partial charge in [-0.2, -0.15) is 0 Å². The van der Waals surface area contributed by atoms with Gasteiger partial charge in [0.15, 0.2) is 0 Å². The summed E-state index contributed by atoms with van der Waals surface area (Å²) >= 11 is 5.88. The lowest BCUT2D eigenvalue weighted by atomic mass is 10.2. The van der Waals surface area contributed by atoms with Crippen molar-refractivity contribution in [2.45, 2.75) is 12.8 Å². The van der Waals surface area contributed by atoms with E-state index in [4.69, 9.17) is 0 Å². The molecule has 2 amide bonds. The third-order valence-corrected chi connectivity index (χ3v) is 9.74. The van der Waals surface area contributed by atoms with Gasteiger partial charge in [-0.25, -0.2) is 10.2 Å². The molecular weight excluding hydrogens is 963 g/mol. The number of hydrogen-bond donors (Lipinski definition) is 7. The second kappa shape index (κ2) is 21.2. The fourth-order valence-electron chi connectivity index (χ4n) is 4.63. The number of nitrogens with zero attached hydrogens (tertiary/aromatic N) is 4. The van der Waals surface area contributed by atoms with E-state index in [2.05, 4.69) is 16.2 Å². The number of carboxylic acid groups (broad SMARTS) is 4. The van der Waals surface area contributed by atoms with Gasteiger partial charge in [-0.1, -0.05) is 0 Å². The molecule has 0 saturated carbocycles. The molecule has 47 heavy (non-hydrogen) atoms. The average molecular weight is 1000 g/mol. The molecular formula is C27H38I3N7O10. The predicted octanol–water partition coefficient (Wildman–Crippen LogP) is 0.0135. The van der Waals surface area contributed by atoms with Crippen molar-refractivity contribution in [2.24, 2.45) is 0 Å². The Labute approximate surface area is 312 Å². The lowest BCUT2D eigenvalue weighted by molar-refractivity contribution is -0.140. The number of anilines is 1. The molecule has 0 atom stereocenters. The van der Waals surface area contributed by atoms with Crippen molar-refractivity contribution in [3.8, 4) is 0 Å². The number of benzene rings is 1. The maximum Gasteiger partial charge on any atom is 0.337 e. The number of carbonyl (C=O) groups is 6. The number of halogens is 3. The summed E-state index contributed by atoms with van der Waals surface area (Å²) < 4.78 is 1.71. The third kappa shape index (κ3) is 15.9. The molecule has 1 aromatic carbocycles. The molecule has 0 spiro atoms. The number of aromatic carboxylic acids is 1. The van der Waals surface area contributed by atoms with Gasteiger partial charge in [0.2, 0.25) is 11.8 Å². The highest BCUT2D eigenvalue weighted by molar-refractivity contribution is 14.1. The number of carboxylic acids is 4. The Bertz CT molecular complexity index is 1270. The zero-order valence-electron chi connectivity index (χ0n) is 25.3. The van der Waals surface area contributed by atoms with E-state index in [-0.39, 0.29) is 95.8 Å². The van der Waals surface area contributed by atoms with Crippen LogP contribution in [0, 0.1) is 10.7 Å². The molecule has 0 bridgehead atoms. The Morgan fingerprint density at radius 2 is 1.06 bits per heavy atom. The molecule has 1 heterocycles. The largest absolute Gasteiger partial charge is 0.480 e. The van der Waals surface area contributed by atoms with E-state index in [9.17, 15) is 49.2 Å². The maximum absolute atomic E-state index is 12.8. The minimum Gasteiger partial charge on any atom is -0.480 e. The van der Waals surface area contributed by atoms with Crippen LogP contribution in [0.1, 0.15) is 23.2 Å². The molecule has 7 N–H and O–H groups in total. The Morgan fingerprint density at radius 3 is 1.47 bits per heavy atom. The van der Waals surface area contributed by atoms with Crippen molar-refractivity contribution < 1.29 is 49.2 Å². The van der Waals surface area contributed by atoms with E-state index in [0.29, 0.717) is 35.9 Å². The summed E-state index contributed by atoms with van der Waals surface area (Å²) in [7, 11) is 0. The summed E-state index contributed by atoms with van der Waals surface area (Å²) in [6, 6.07) is 1.68. The van der Waals surface area contributed by atoms with Gasteiger partial charge in [0.05, 0.1) is 41.0 Å². The lowest BCUT2D eigenvalue weighted by Gasteiger charge is -2.32. The zero-order chi connectivity index (χ0) is 35.1. The number of nitrogens with one attached hydrogen (secondary N) is 3. The summed E-state index contributed by atoms with van der Waals surface area (Å²) in [5.41, 5.74) is 5.93. The van der Waals surface area contributed by atoms with Crippen molar-refractivity contribution in [1.82, 2.24) is 30.5 Å². The molecule has 0 radical (unpaired) electrons. The summed E-state index contributed by atoms with van der Waals surface area (Å²) in [5.74, 6) is -4.89. The van der Waals surface area contributed by atoms with E-state index < -0.39 is 23.9 Å². The van der Waals surface area contributed by atoms with Crippen molar-refractivity contribution in [3.63, 3.8) is 0 Å². The third-order valence-electron chi connectivity index (χ3n) is 6.96. The number of hydrogen-bond acceptors (Lipinski definition) is 11. The first-order valence-electron chi connectivity index (χ1n) is 14.4. The topological polar surface area (TPSA) is 232 Å². The molecule has 0 unspecified atom stereocenters. The first-order chi connectivity index (χ1) is 22.2. The Kier molecular flexibility index (Phi) is 18.6. The highest BCUT2D eigenvalue weighted by atomic mass is 127. The van der Waals surface area contributed by atoms with Crippen LogP contribution in [0.4, 0.5) is 5.69 Å². The monoisotopic (exact) mass is 1000 g/mol. The predicted molar refractivity (Wildman–Crippen MR) is 194 cm³/mol. The van der Waals surface area contributed by atoms with Crippen LogP contribution >= 0.6 is 67.8 Å². The minimum absolute atomic E-state index is 0.0595. The highest BCUT2D eigenvalue weighted by Gasteiger charge is 2.22. The molecule has 1 aromatic rings. The van der Waals surface area contributed by atoms with Crippen molar-refractivity contribution >= 4 is 109 Å². The second-order valence-corrected chi connectivity index (χ2v) is 14.0. The van der Waals surface area contributed by atoms with Crippen LogP contribution in [-0.2, 0) is 24.0 Å². The number of rotatable bonds is 15. The van der Waals surface area contributed by atoms with E-state index in [0.717, 1.165) is 0 Å². The van der Waals surface area contributed by atoms with Crippen LogP contribution in [0.3, 0.4) is 0 Å². The quantitative estimate of drug-likeness (QED) is 0.0698. The first kappa shape index (κ1) is 41.2. The van der Waals surface area contributed by atoms with Crippen molar-refractivity contribution in [1.29, 1.82) is 0 Å². The smallest absolute Gasteiger partial charge is 0.337 e. The average Bonchev–Trinajstić information content (AvgIpc) is 2.95. The van der Waals surface area contributed by atoms with Crippen molar-refractivity contribution in [3.05, 3.63) is 22.3 Å². The summed E-state index contributed by atoms with van der Waals surface area (Å²) in [5, 5.41) is 40.3. The van der Waals surface area contributed by atoms with Crippen LogP contribution in [-0.4, -0.2) is 161 Å². The number of carbonyl (C=O) groups excluding carboxylic acids is 2. The second-order valence-electron chi connectivity index (χ2n) is 10.6. The molecule has 17 nitrogen and oxygen atoms in total. The molecule has 20 heteroatoms. The first-order valence-corrected chi connectivity index (χ1v) is 17.7. The SMILES string of the molecule is O=C(O)CN1CCN(CC(=O)O)CCN(CC(=O)NNCCCC(=O)Nc2c(I)cc(I)c(C(=O)O)c2I)CCN(CC(=O)O)CC1. The van der Waals surface area contributed by atoms with Crippen LogP contribution in [0.15, 0.2) is 6.07 Å². The maximum atomic E-state index is 12.8. The van der Waals surface area contributed by atoms with E-state index in [1.54, 1.807) is 25.7 Å². The molecule has 1 aliphatic heterocycles. The van der Waals surface area contributed by atoms with E-state index >= 15 is 0 Å². The Hall–Kier alpha value is -1.97. The Balaban J connectivity index is 1.92. The van der Waals surface area contributed by atoms with Crippen LogP contribution in [0.5, 0.6) is 0 Å². The molecule has 0 aromatic heterocycles. The van der Waals surface area contributed by atoms with E-state index in [1.807, 2.05) is 67.8 Å². The lowest BCUT2D eigenvalue weighted by Crippen LogP contribution is -2.50. The zero-order valence-corrected chi connectivity index (χ0v) is 31.8. The molecule has 2 rings (SSSR count). The molecule has 1 fully saturated rings. The Morgan fingerprint density at radius 1 is 0.638 bits per heavy atom. The standard InChI is InChI=1S/C27H38I3N7O10/c28-17-12-18(29)26(25(30)24(17)27(46)47)32-19(38)2-1-3-31-33-20(39)13-34-4-6-35(14-21(40)41)8-10-37(16-23(44)45)11-9-36(7-5-34)15-22(42)43/h12,31H,1-11,13-16H2,(H,32,38)(H,33,39)(H,40,41)(H,42,43)(H,44,45)(H,46,47).